The topological polar surface area (TPSA) is 49.4 Å². The molecule has 59 valence electrons. The third-order valence-electron chi connectivity index (χ3n) is 1.66. The van der Waals surface area contributed by atoms with E-state index < -0.39 is 0 Å². The van der Waals surface area contributed by atoms with Gasteiger partial charge in [-0.3, -0.25) is 0 Å². The molecule has 1 unspecified atom stereocenters. The van der Waals surface area contributed by atoms with Gasteiger partial charge in [-0.25, -0.2) is 5.32 Å². The van der Waals surface area contributed by atoms with Crippen LogP contribution in [0.1, 0.15) is 11.7 Å². The smallest absolute Gasteiger partial charge is 0.124 e. The molecule has 0 N–H and O–H groups in total. The van der Waals surface area contributed by atoms with Crippen molar-refractivity contribution in [3.05, 3.63) is 18.0 Å². The van der Waals surface area contributed by atoms with Crippen LogP contribution in [0.5, 0.6) is 0 Å². The highest BCUT2D eigenvalue weighted by Crippen LogP contribution is 2.13. The lowest BCUT2D eigenvalue weighted by atomic mass is 10.2. The summed E-state index contributed by atoms with van der Waals surface area (Å²) in [6.45, 7) is 2.12. The van der Waals surface area contributed by atoms with E-state index >= 15 is 0 Å². The van der Waals surface area contributed by atoms with Crippen molar-refractivity contribution in [3.8, 4) is 0 Å². The van der Waals surface area contributed by atoms with E-state index in [1.54, 1.807) is 6.26 Å². The largest absolute Gasteiger partial charge is 0.378 e. The SMILES string of the molecule is c1cc(C2COCC[N]2)no1. The lowest BCUT2D eigenvalue weighted by molar-refractivity contribution is 0.0721. The van der Waals surface area contributed by atoms with Gasteiger partial charge in [0.1, 0.15) is 12.0 Å². The summed E-state index contributed by atoms with van der Waals surface area (Å²) in [5, 5.41) is 8.12. The van der Waals surface area contributed by atoms with Gasteiger partial charge in [0.15, 0.2) is 0 Å². The first-order valence-electron chi connectivity index (χ1n) is 3.61. The number of hydrogen-bond acceptors (Lipinski definition) is 3. The first-order chi connectivity index (χ1) is 5.47. The van der Waals surface area contributed by atoms with Gasteiger partial charge in [0.2, 0.25) is 0 Å². The van der Waals surface area contributed by atoms with E-state index in [1.165, 1.54) is 0 Å². The van der Waals surface area contributed by atoms with Gasteiger partial charge in [0.25, 0.3) is 0 Å². The molecule has 0 aromatic carbocycles. The Morgan fingerprint density at radius 2 is 2.55 bits per heavy atom. The Morgan fingerprint density at radius 3 is 3.18 bits per heavy atom. The summed E-state index contributed by atoms with van der Waals surface area (Å²) < 4.78 is 9.93. The summed E-state index contributed by atoms with van der Waals surface area (Å²) in [5.74, 6) is 0. The van der Waals surface area contributed by atoms with E-state index in [9.17, 15) is 0 Å². The van der Waals surface area contributed by atoms with Crippen molar-refractivity contribution in [2.75, 3.05) is 19.8 Å². The Labute approximate surface area is 64.5 Å². The predicted molar refractivity (Wildman–Crippen MR) is 37.1 cm³/mol. The fourth-order valence-electron chi connectivity index (χ4n) is 1.09. The molecule has 1 aromatic rings. The minimum Gasteiger partial charge on any atom is -0.378 e. The van der Waals surface area contributed by atoms with Crippen LogP contribution in [0.2, 0.25) is 0 Å². The Bertz CT molecular complexity index is 204. The normalized spacial score (nSPS) is 25.3. The van der Waals surface area contributed by atoms with Crippen LogP contribution in [0.3, 0.4) is 0 Å². The summed E-state index contributed by atoms with van der Waals surface area (Å²) in [6.07, 6.45) is 1.56. The second kappa shape index (κ2) is 3.02. The summed E-state index contributed by atoms with van der Waals surface area (Å²) >= 11 is 0. The molecule has 0 aliphatic carbocycles. The molecule has 11 heavy (non-hydrogen) atoms. The van der Waals surface area contributed by atoms with Gasteiger partial charge in [-0.2, -0.15) is 0 Å². The maximum absolute atomic E-state index is 5.23. The monoisotopic (exact) mass is 153 g/mol. The van der Waals surface area contributed by atoms with Crippen LogP contribution in [0.15, 0.2) is 16.9 Å². The van der Waals surface area contributed by atoms with E-state index in [0.717, 1.165) is 18.8 Å². The molecule has 2 rings (SSSR count). The maximum Gasteiger partial charge on any atom is 0.124 e. The highest BCUT2D eigenvalue weighted by molar-refractivity contribution is 5.03. The molecule has 1 atom stereocenters. The molecule has 0 spiro atoms. The van der Waals surface area contributed by atoms with Crippen molar-refractivity contribution >= 4 is 0 Å². The number of nitrogens with zero attached hydrogens (tertiary/aromatic N) is 2. The molecular formula is C7H9N2O2. The molecule has 0 amide bonds. The first-order valence-corrected chi connectivity index (χ1v) is 3.61. The molecule has 1 aromatic heterocycles. The average molecular weight is 153 g/mol. The van der Waals surface area contributed by atoms with Crippen molar-refractivity contribution in [2.24, 2.45) is 0 Å². The molecule has 1 fully saturated rings. The highest BCUT2D eigenvalue weighted by atomic mass is 16.5. The molecular weight excluding hydrogens is 144 g/mol. The van der Waals surface area contributed by atoms with E-state index in [4.69, 9.17) is 9.26 Å². The number of hydrogen-bond donors (Lipinski definition) is 0. The molecule has 2 heterocycles. The average Bonchev–Trinajstić information content (AvgIpc) is 2.58. The van der Waals surface area contributed by atoms with Gasteiger partial charge in [0, 0.05) is 12.6 Å². The lowest BCUT2D eigenvalue weighted by Gasteiger charge is -2.19. The van der Waals surface area contributed by atoms with Crippen LogP contribution in [0, 0.1) is 0 Å². The fraction of sp³-hybridized carbons (Fsp3) is 0.571. The van der Waals surface area contributed by atoms with Crippen molar-refractivity contribution < 1.29 is 9.26 Å². The second-order valence-corrected chi connectivity index (χ2v) is 2.42. The zero-order chi connectivity index (χ0) is 7.52. The zero-order valence-corrected chi connectivity index (χ0v) is 6.06. The third-order valence-corrected chi connectivity index (χ3v) is 1.66. The van der Waals surface area contributed by atoms with Crippen LogP contribution in [-0.2, 0) is 4.74 Å². The molecule has 1 aliphatic rings. The van der Waals surface area contributed by atoms with Gasteiger partial charge in [-0.15, -0.1) is 0 Å². The predicted octanol–water partition coefficient (Wildman–Crippen LogP) is 0.350. The van der Waals surface area contributed by atoms with E-state index in [0.29, 0.717) is 6.61 Å². The number of morpholine rings is 1. The fourth-order valence-corrected chi connectivity index (χ4v) is 1.09. The Kier molecular flexibility index (Phi) is 1.87. The third kappa shape index (κ3) is 1.41. The second-order valence-electron chi connectivity index (χ2n) is 2.42. The molecule has 4 heteroatoms. The van der Waals surface area contributed by atoms with Crippen LogP contribution in [0.25, 0.3) is 0 Å². The summed E-state index contributed by atoms with van der Waals surface area (Å²) in [4.78, 5) is 0. The van der Waals surface area contributed by atoms with E-state index in [-0.39, 0.29) is 6.04 Å². The zero-order valence-electron chi connectivity index (χ0n) is 6.06. The van der Waals surface area contributed by atoms with Crippen LogP contribution in [0.4, 0.5) is 0 Å². The van der Waals surface area contributed by atoms with Crippen molar-refractivity contribution in [1.29, 1.82) is 0 Å². The first kappa shape index (κ1) is 6.82. The molecule has 4 nitrogen and oxygen atoms in total. The molecule has 1 aliphatic heterocycles. The van der Waals surface area contributed by atoms with E-state index in [2.05, 4.69) is 10.5 Å². The summed E-state index contributed by atoms with van der Waals surface area (Å²) in [7, 11) is 0. The van der Waals surface area contributed by atoms with Gasteiger partial charge in [-0.1, -0.05) is 5.16 Å². The van der Waals surface area contributed by atoms with Gasteiger partial charge < -0.3 is 9.26 Å². The molecule has 1 saturated heterocycles. The summed E-state index contributed by atoms with van der Waals surface area (Å²) in [6, 6.07) is 1.91. The Hall–Kier alpha value is -0.870. The van der Waals surface area contributed by atoms with Crippen LogP contribution < -0.4 is 5.32 Å². The Morgan fingerprint density at radius 1 is 1.55 bits per heavy atom. The Balaban J connectivity index is 2.04. The summed E-state index contributed by atoms with van der Waals surface area (Å²) in [5.41, 5.74) is 0.865. The molecule has 0 saturated carbocycles. The number of ether oxygens (including phenoxy) is 1. The lowest BCUT2D eigenvalue weighted by Crippen LogP contribution is -2.29. The standard InChI is InChI=1S/C7H9N2O2/c1-3-11-9-6(1)7-5-10-4-2-8-7/h1,3,7H,2,4-5H2. The minimum absolute atomic E-state index is 0.0856. The van der Waals surface area contributed by atoms with Crippen molar-refractivity contribution in [3.63, 3.8) is 0 Å². The minimum atomic E-state index is 0.0856. The van der Waals surface area contributed by atoms with Gasteiger partial charge >= 0.3 is 0 Å². The van der Waals surface area contributed by atoms with Crippen LogP contribution >= 0.6 is 0 Å². The van der Waals surface area contributed by atoms with Gasteiger partial charge in [0.05, 0.1) is 19.3 Å². The van der Waals surface area contributed by atoms with Crippen LogP contribution in [-0.4, -0.2) is 24.9 Å². The quantitative estimate of drug-likeness (QED) is 0.585. The number of aromatic nitrogens is 1. The van der Waals surface area contributed by atoms with E-state index in [1.807, 2.05) is 6.07 Å². The maximum atomic E-state index is 5.23. The van der Waals surface area contributed by atoms with Crippen molar-refractivity contribution in [2.45, 2.75) is 6.04 Å². The van der Waals surface area contributed by atoms with Gasteiger partial charge in [-0.05, 0) is 0 Å². The highest BCUT2D eigenvalue weighted by Gasteiger charge is 2.18. The molecule has 0 bridgehead atoms. The molecule has 1 radical (unpaired) electrons. The number of rotatable bonds is 1. The van der Waals surface area contributed by atoms with Crippen molar-refractivity contribution in [1.82, 2.24) is 10.5 Å².